The van der Waals surface area contributed by atoms with Crippen molar-refractivity contribution in [2.75, 3.05) is 25.2 Å². The molecule has 2 aliphatic rings. The van der Waals surface area contributed by atoms with Gasteiger partial charge in [0.15, 0.2) is 11.5 Å². The Balaban J connectivity index is 1.66. The lowest BCUT2D eigenvalue weighted by Gasteiger charge is -2.27. The number of carbonyl (C=O) groups excluding carboxylic acids is 1. The maximum absolute atomic E-state index is 12.3. The Morgan fingerprint density at radius 3 is 2.62 bits per heavy atom. The zero-order chi connectivity index (χ0) is 14.7. The highest BCUT2D eigenvalue weighted by Crippen LogP contribution is 2.33. The molecule has 0 radical (unpaired) electrons. The van der Waals surface area contributed by atoms with Gasteiger partial charge in [-0.3, -0.25) is 4.90 Å². The summed E-state index contributed by atoms with van der Waals surface area (Å²) in [6, 6.07) is 5.85. The average Bonchev–Trinajstić information content (AvgIpc) is 2.54. The van der Waals surface area contributed by atoms with Crippen LogP contribution in [0.2, 0.25) is 0 Å². The number of rotatable bonds is 2. The van der Waals surface area contributed by atoms with E-state index in [4.69, 9.17) is 9.47 Å². The minimum atomic E-state index is -0.0569. The van der Waals surface area contributed by atoms with Gasteiger partial charge in [-0.05, 0) is 25.0 Å². The number of fused-ring (bicyclic) bond motifs is 1. The number of amides is 2. The van der Waals surface area contributed by atoms with Crippen molar-refractivity contribution >= 4 is 11.7 Å². The largest absolute Gasteiger partial charge is 0.486 e. The van der Waals surface area contributed by atoms with Crippen molar-refractivity contribution in [3.05, 3.63) is 18.2 Å². The predicted molar refractivity (Wildman–Crippen MR) is 81.2 cm³/mol. The number of nitrogens with one attached hydrogen (secondary N) is 1. The Morgan fingerprint density at radius 1 is 1.14 bits per heavy atom. The van der Waals surface area contributed by atoms with Crippen molar-refractivity contribution < 1.29 is 14.3 Å². The van der Waals surface area contributed by atoms with Crippen LogP contribution in [-0.2, 0) is 0 Å². The van der Waals surface area contributed by atoms with Gasteiger partial charge in [0.2, 0.25) is 0 Å². The smallest absolute Gasteiger partial charge is 0.321 e. The normalized spacial score (nSPS) is 18.1. The highest BCUT2D eigenvalue weighted by atomic mass is 16.6. The molecule has 1 N–H and O–H groups in total. The van der Waals surface area contributed by atoms with Crippen LogP contribution in [0.5, 0.6) is 11.5 Å². The topological polar surface area (TPSA) is 50.8 Å². The van der Waals surface area contributed by atoms with Crippen LogP contribution in [0.1, 0.15) is 32.1 Å². The first-order valence-electron chi connectivity index (χ1n) is 7.68. The molecule has 5 nitrogen and oxygen atoms in total. The van der Waals surface area contributed by atoms with E-state index in [9.17, 15) is 4.79 Å². The Hall–Kier alpha value is -1.91. The zero-order valence-corrected chi connectivity index (χ0v) is 12.4. The van der Waals surface area contributed by atoms with Crippen LogP contribution < -0.4 is 19.7 Å². The van der Waals surface area contributed by atoms with Gasteiger partial charge in [-0.15, -0.1) is 0 Å². The van der Waals surface area contributed by atoms with Crippen LogP contribution in [-0.4, -0.2) is 32.3 Å². The van der Waals surface area contributed by atoms with Crippen LogP contribution in [0.25, 0.3) is 0 Å². The lowest BCUT2D eigenvalue weighted by molar-refractivity contribution is 0.171. The van der Waals surface area contributed by atoms with Gasteiger partial charge in [-0.25, -0.2) is 4.79 Å². The van der Waals surface area contributed by atoms with Gasteiger partial charge >= 0.3 is 6.03 Å². The molecule has 114 valence electrons. The first-order valence-corrected chi connectivity index (χ1v) is 7.68. The van der Waals surface area contributed by atoms with Gasteiger partial charge in [0.25, 0.3) is 0 Å². The number of nitrogens with zero attached hydrogens (tertiary/aromatic N) is 1. The second kappa shape index (κ2) is 6.24. The molecule has 1 aromatic carbocycles. The van der Waals surface area contributed by atoms with E-state index in [0.29, 0.717) is 25.0 Å². The fourth-order valence-electron chi connectivity index (χ4n) is 2.88. The van der Waals surface area contributed by atoms with Crippen molar-refractivity contribution in [2.24, 2.45) is 0 Å². The molecule has 3 rings (SSSR count). The summed E-state index contributed by atoms with van der Waals surface area (Å²) in [6.07, 6.45) is 5.86. The Bertz CT molecular complexity index is 512. The molecular weight excluding hydrogens is 268 g/mol. The maximum Gasteiger partial charge on any atom is 0.321 e. The van der Waals surface area contributed by atoms with E-state index in [-0.39, 0.29) is 6.03 Å². The molecule has 5 heteroatoms. The van der Waals surface area contributed by atoms with Gasteiger partial charge in [0.05, 0.1) is 0 Å². The van der Waals surface area contributed by atoms with E-state index in [2.05, 4.69) is 5.32 Å². The van der Waals surface area contributed by atoms with Crippen molar-refractivity contribution in [3.8, 4) is 11.5 Å². The second-order valence-corrected chi connectivity index (χ2v) is 5.67. The van der Waals surface area contributed by atoms with Crippen molar-refractivity contribution in [3.63, 3.8) is 0 Å². The van der Waals surface area contributed by atoms with Gasteiger partial charge in [-0.2, -0.15) is 0 Å². The van der Waals surface area contributed by atoms with Gasteiger partial charge < -0.3 is 14.8 Å². The quantitative estimate of drug-likeness (QED) is 0.911. The Kier molecular flexibility index (Phi) is 4.18. The molecular formula is C16H22N2O3. The van der Waals surface area contributed by atoms with E-state index in [1.54, 1.807) is 11.9 Å². The Labute approximate surface area is 125 Å². The van der Waals surface area contributed by atoms with Gasteiger partial charge in [0.1, 0.15) is 13.2 Å². The summed E-state index contributed by atoms with van der Waals surface area (Å²) in [7, 11) is 1.78. The lowest BCUT2D eigenvalue weighted by Crippen LogP contribution is -2.44. The molecule has 21 heavy (non-hydrogen) atoms. The first-order chi connectivity index (χ1) is 10.2. The molecule has 0 spiro atoms. The summed E-state index contributed by atoms with van der Waals surface area (Å²) in [6.45, 7) is 1.12. The molecule has 1 aliphatic carbocycles. The summed E-state index contributed by atoms with van der Waals surface area (Å²) in [5.74, 6) is 1.45. The summed E-state index contributed by atoms with van der Waals surface area (Å²) in [5.41, 5.74) is 0.813. The molecule has 1 aliphatic heterocycles. The number of urea groups is 1. The van der Waals surface area contributed by atoms with E-state index in [1.807, 2.05) is 18.2 Å². The fourth-order valence-corrected chi connectivity index (χ4v) is 2.88. The average molecular weight is 290 g/mol. The minimum absolute atomic E-state index is 0.0569. The highest BCUT2D eigenvalue weighted by Gasteiger charge is 2.20. The standard InChI is InChI=1S/C16H22N2O3/c1-18(16(19)17-12-5-3-2-4-6-12)13-7-8-14-15(11-13)21-10-9-20-14/h7-8,11-12H,2-6,9-10H2,1H3,(H,17,19). The van der Waals surface area contributed by atoms with Crippen LogP contribution >= 0.6 is 0 Å². The van der Waals surface area contributed by atoms with Crippen molar-refractivity contribution in [1.29, 1.82) is 0 Å². The van der Waals surface area contributed by atoms with Crippen molar-refractivity contribution in [1.82, 2.24) is 5.32 Å². The molecule has 1 heterocycles. The van der Waals surface area contributed by atoms with Crippen LogP contribution in [0.4, 0.5) is 10.5 Å². The summed E-state index contributed by atoms with van der Waals surface area (Å²) in [5, 5.41) is 3.11. The third-order valence-corrected chi connectivity index (χ3v) is 4.15. The van der Waals surface area contributed by atoms with Crippen LogP contribution in [0.3, 0.4) is 0 Å². The Morgan fingerprint density at radius 2 is 1.86 bits per heavy atom. The fraction of sp³-hybridized carbons (Fsp3) is 0.562. The molecule has 0 saturated heterocycles. The summed E-state index contributed by atoms with van der Waals surface area (Å²) >= 11 is 0. The van der Waals surface area contributed by atoms with E-state index in [1.165, 1.54) is 19.3 Å². The minimum Gasteiger partial charge on any atom is -0.486 e. The monoisotopic (exact) mass is 290 g/mol. The molecule has 1 aromatic rings. The SMILES string of the molecule is CN(C(=O)NC1CCCCC1)c1ccc2c(c1)OCCO2. The summed E-state index contributed by atoms with van der Waals surface area (Å²) < 4.78 is 11.1. The lowest BCUT2D eigenvalue weighted by atomic mass is 9.96. The molecule has 1 saturated carbocycles. The molecule has 0 atom stereocenters. The predicted octanol–water partition coefficient (Wildman–Crippen LogP) is 2.94. The molecule has 0 unspecified atom stereocenters. The van der Waals surface area contributed by atoms with Crippen LogP contribution in [0, 0.1) is 0 Å². The van der Waals surface area contributed by atoms with Gasteiger partial charge in [-0.1, -0.05) is 19.3 Å². The first kappa shape index (κ1) is 14.0. The third kappa shape index (κ3) is 3.23. The van der Waals surface area contributed by atoms with E-state index < -0.39 is 0 Å². The summed E-state index contributed by atoms with van der Waals surface area (Å²) in [4.78, 5) is 14.0. The van der Waals surface area contributed by atoms with E-state index >= 15 is 0 Å². The molecule has 0 aromatic heterocycles. The zero-order valence-electron chi connectivity index (χ0n) is 12.4. The van der Waals surface area contributed by atoms with E-state index in [0.717, 1.165) is 24.3 Å². The van der Waals surface area contributed by atoms with Gasteiger partial charge in [0, 0.05) is 24.8 Å². The number of hydrogen-bond donors (Lipinski definition) is 1. The maximum atomic E-state index is 12.3. The van der Waals surface area contributed by atoms with Crippen molar-refractivity contribution in [2.45, 2.75) is 38.1 Å². The number of ether oxygens (including phenoxy) is 2. The third-order valence-electron chi connectivity index (χ3n) is 4.15. The number of anilines is 1. The molecule has 1 fully saturated rings. The molecule has 2 amide bonds. The van der Waals surface area contributed by atoms with Crippen LogP contribution in [0.15, 0.2) is 18.2 Å². The number of carbonyl (C=O) groups is 1. The second-order valence-electron chi connectivity index (χ2n) is 5.67. The molecule has 0 bridgehead atoms. The number of benzene rings is 1. The highest BCUT2D eigenvalue weighted by molar-refractivity contribution is 5.92. The number of hydrogen-bond acceptors (Lipinski definition) is 3.